The molecular formula is C20H23F3N4O2. The van der Waals surface area contributed by atoms with Gasteiger partial charge in [0.05, 0.1) is 12.6 Å². The third kappa shape index (κ3) is 3.77. The Morgan fingerprint density at radius 2 is 2.10 bits per heavy atom. The fraction of sp³-hybridized carbons (Fsp3) is 0.500. The number of anilines is 1. The molecule has 156 valence electrons. The van der Waals surface area contributed by atoms with Gasteiger partial charge in [-0.1, -0.05) is 32.0 Å². The third-order valence-electron chi connectivity index (χ3n) is 5.52. The zero-order chi connectivity index (χ0) is 20.8. The first-order valence-electron chi connectivity index (χ1n) is 9.69. The van der Waals surface area contributed by atoms with E-state index in [1.165, 1.54) is 6.07 Å². The number of rotatable bonds is 3. The number of hydrogen-bond donors (Lipinski definition) is 2. The van der Waals surface area contributed by atoms with Crippen LogP contribution in [0.2, 0.25) is 0 Å². The zero-order valence-electron chi connectivity index (χ0n) is 16.2. The number of hydrogen-bond acceptors (Lipinski definition) is 4. The van der Waals surface area contributed by atoms with Crippen molar-refractivity contribution in [1.29, 1.82) is 0 Å². The second-order valence-electron chi connectivity index (χ2n) is 7.85. The Labute approximate surface area is 166 Å². The number of fused-ring (bicyclic) bond motifs is 2. The summed E-state index contributed by atoms with van der Waals surface area (Å²) in [6.45, 7) is 4.19. The molecule has 0 saturated carbocycles. The Hall–Kier alpha value is -2.71. The maximum Gasteiger partial charge on any atom is 0.410 e. The van der Waals surface area contributed by atoms with Crippen LogP contribution in [0, 0.1) is 5.92 Å². The van der Waals surface area contributed by atoms with Crippen LogP contribution in [0.1, 0.15) is 54.8 Å². The van der Waals surface area contributed by atoms with Gasteiger partial charge in [0, 0.05) is 24.1 Å². The topological polar surface area (TPSA) is 68.2 Å². The van der Waals surface area contributed by atoms with Crippen LogP contribution in [-0.4, -0.2) is 34.5 Å². The van der Waals surface area contributed by atoms with Crippen LogP contribution in [0.5, 0.6) is 5.75 Å². The number of halogens is 3. The van der Waals surface area contributed by atoms with Crippen molar-refractivity contribution in [2.24, 2.45) is 5.92 Å². The summed E-state index contributed by atoms with van der Waals surface area (Å²) in [5.74, 6) is 0.429. The van der Waals surface area contributed by atoms with Gasteiger partial charge in [0.25, 0.3) is 5.91 Å². The van der Waals surface area contributed by atoms with Crippen molar-refractivity contribution in [3.8, 4) is 5.75 Å². The molecule has 2 aromatic rings. The number of carbonyl (C=O) groups excluding carboxylic acids is 1. The lowest BCUT2D eigenvalue weighted by Crippen LogP contribution is -2.41. The lowest BCUT2D eigenvalue weighted by Gasteiger charge is -2.35. The molecule has 6 nitrogen and oxygen atoms in total. The normalized spacial score (nSPS) is 23.6. The summed E-state index contributed by atoms with van der Waals surface area (Å²) >= 11 is 0. The summed E-state index contributed by atoms with van der Waals surface area (Å²) in [5, 5.41) is 9.98. The Kier molecular flexibility index (Phi) is 4.92. The van der Waals surface area contributed by atoms with Gasteiger partial charge >= 0.3 is 6.18 Å². The maximum atomic E-state index is 13.6. The van der Waals surface area contributed by atoms with Gasteiger partial charge in [-0.15, -0.1) is 0 Å². The first kappa shape index (κ1) is 19.6. The Bertz CT molecular complexity index is 909. The van der Waals surface area contributed by atoms with E-state index in [2.05, 4.69) is 15.7 Å². The highest BCUT2D eigenvalue weighted by atomic mass is 19.4. The average molecular weight is 408 g/mol. The molecule has 1 amide bonds. The minimum absolute atomic E-state index is 0.0134. The maximum absolute atomic E-state index is 13.6. The van der Waals surface area contributed by atoms with Crippen molar-refractivity contribution >= 4 is 11.7 Å². The molecule has 0 unspecified atom stereocenters. The van der Waals surface area contributed by atoms with E-state index in [9.17, 15) is 18.0 Å². The summed E-state index contributed by atoms with van der Waals surface area (Å²) in [4.78, 5) is 12.8. The van der Waals surface area contributed by atoms with Crippen molar-refractivity contribution in [3.63, 3.8) is 0 Å². The number of nitrogens with zero attached hydrogens (tertiary/aromatic N) is 2. The van der Waals surface area contributed by atoms with Crippen LogP contribution in [0.15, 0.2) is 30.3 Å². The van der Waals surface area contributed by atoms with Crippen LogP contribution in [-0.2, 0) is 0 Å². The first-order chi connectivity index (χ1) is 13.7. The molecule has 1 aromatic heterocycles. The summed E-state index contributed by atoms with van der Waals surface area (Å²) in [6.07, 6.45) is -3.98. The van der Waals surface area contributed by atoms with Crippen molar-refractivity contribution in [2.75, 3.05) is 11.9 Å². The van der Waals surface area contributed by atoms with Gasteiger partial charge < -0.3 is 15.4 Å². The molecule has 9 heteroatoms. The lowest BCUT2D eigenvalue weighted by atomic mass is 9.94. The summed E-state index contributed by atoms with van der Waals surface area (Å²) in [5.41, 5.74) is 0.817. The summed E-state index contributed by atoms with van der Waals surface area (Å²) in [6, 6.07) is 6.42. The minimum Gasteiger partial charge on any atom is -0.493 e. The Balaban J connectivity index is 1.59. The molecule has 4 rings (SSSR count). The second kappa shape index (κ2) is 7.27. The highest BCUT2D eigenvalue weighted by molar-refractivity contribution is 5.93. The Morgan fingerprint density at radius 1 is 1.34 bits per heavy atom. The molecule has 1 aromatic carbocycles. The molecule has 0 saturated heterocycles. The molecule has 29 heavy (non-hydrogen) atoms. The van der Waals surface area contributed by atoms with Crippen molar-refractivity contribution in [2.45, 2.75) is 51.0 Å². The molecule has 0 radical (unpaired) electrons. The minimum atomic E-state index is -4.44. The van der Waals surface area contributed by atoms with E-state index in [1.54, 1.807) is 0 Å². The number of para-hydroxylation sites is 1. The highest BCUT2D eigenvalue weighted by Crippen LogP contribution is 2.41. The number of aromatic nitrogens is 2. The van der Waals surface area contributed by atoms with Crippen molar-refractivity contribution in [3.05, 3.63) is 41.6 Å². The molecule has 0 aliphatic carbocycles. The standard InChI is InChI=1S/C20H23F3N4O2/c1-11(2)14-9-17(20(21,22)23)27-18(24-14)10-15(26-27)19(28)25-13-7-8-29-16-6-4-3-5-12(13)16/h3-6,10-11,13-14,17,24H,7-9H2,1-2H3,(H,25,28)/t13-,14-,17+/m0/s1. The number of alkyl halides is 3. The van der Waals surface area contributed by atoms with Crippen LogP contribution >= 0.6 is 0 Å². The van der Waals surface area contributed by atoms with Gasteiger partial charge in [0.1, 0.15) is 11.6 Å². The number of benzene rings is 1. The number of ether oxygens (including phenoxy) is 1. The van der Waals surface area contributed by atoms with E-state index in [0.29, 0.717) is 18.8 Å². The van der Waals surface area contributed by atoms with Gasteiger partial charge in [-0.05, 0) is 18.4 Å². The van der Waals surface area contributed by atoms with Gasteiger partial charge in [0.15, 0.2) is 11.7 Å². The average Bonchev–Trinajstić information content (AvgIpc) is 3.11. The molecule has 0 bridgehead atoms. The predicted molar refractivity (Wildman–Crippen MR) is 101 cm³/mol. The monoisotopic (exact) mass is 408 g/mol. The zero-order valence-corrected chi connectivity index (χ0v) is 16.2. The SMILES string of the molecule is CC(C)[C@@H]1C[C@H](C(F)(F)F)n2nc(C(=O)N[C@H]3CCOc4ccccc43)cc2N1. The van der Waals surface area contributed by atoms with Gasteiger partial charge in [-0.3, -0.25) is 4.79 Å². The quantitative estimate of drug-likeness (QED) is 0.803. The summed E-state index contributed by atoms with van der Waals surface area (Å²) in [7, 11) is 0. The molecular weight excluding hydrogens is 385 g/mol. The van der Waals surface area contributed by atoms with Gasteiger partial charge in [-0.25, -0.2) is 4.68 Å². The second-order valence-corrected chi connectivity index (χ2v) is 7.85. The van der Waals surface area contributed by atoms with Gasteiger partial charge in [0.2, 0.25) is 0 Å². The number of amides is 1. The number of nitrogens with one attached hydrogen (secondary N) is 2. The molecule has 2 N–H and O–H groups in total. The van der Waals surface area contributed by atoms with E-state index >= 15 is 0 Å². The molecule has 0 spiro atoms. The van der Waals surface area contributed by atoms with Gasteiger partial charge in [-0.2, -0.15) is 18.3 Å². The lowest BCUT2D eigenvalue weighted by molar-refractivity contribution is -0.174. The summed E-state index contributed by atoms with van der Waals surface area (Å²) < 4.78 is 47.3. The van der Waals surface area contributed by atoms with E-state index in [-0.39, 0.29) is 35.9 Å². The molecule has 0 fully saturated rings. The first-order valence-corrected chi connectivity index (χ1v) is 9.69. The highest BCUT2D eigenvalue weighted by Gasteiger charge is 2.47. The molecule has 2 aliphatic heterocycles. The van der Waals surface area contributed by atoms with E-state index in [4.69, 9.17) is 4.74 Å². The largest absolute Gasteiger partial charge is 0.493 e. The van der Waals surface area contributed by atoms with E-state index < -0.39 is 18.1 Å². The van der Waals surface area contributed by atoms with Crippen LogP contribution in [0.25, 0.3) is 0 Å². The molecule has 3 atom stereocenters. The molecule has 2 aliphatic rings. The van der Waals surface area contributed by atoms with Crippen LogP contribution in [0.3, 0.4) is 0 Å². The van der Waals surface area contributed by atoms with E-state index in [1.807, 2.05) is 38.1 Å². The predicted octanol–water partition coefficient (Wildman–Crippen LogP) is 4.08. The molecule has 3 heterocycles. The van der Waals surface area contributed by atoms with Crippen molar-refractivity contribution in [1.82, 2.24) is 15.1 Å². The van der Waals surface area contributed by atoms with Crippen molar-refractivity contribution < 1.29 is 22.7 Å². The number of carbonyl (C=O) groups is 1. The smallest absolute Gasteiger partial charge is 0.410 e. The fourth-order valence-corrected chi connectivity index (χ4v) is 3.88. The third-order valence-corrected chi connectivity index (χ3v) is 5.52. The fourth-order valence-electron chi connectivity index (χ4n) is 3.88. The van der Waals surface area contributed by atoms with Crippen LogP contribution < -0.4 is 15.4 Å². The Morgan fingerprint density at radius 3 is 2.83 bits per heavy atom. The van der Waals surface area contributed by atoms with Crippen LogP contribution in [0.4, 0.5) is 19.0 Å². The van der Waals surface area contributed by atoms with E-state index in [0.717, 1.165) is 10.2 Å².